The number of ether oxygens (including phenoxy) is 6. The Kier molecular flexibility index (Phi) is 12.0. The van der Waals surface area contributed by atoms with Crippen LogP contribution in [0.3, 0.4) is 0 Å². The number of aliphatic hydroxyl groups excluding tert-OH is 7. The predicted molar refractivity (Wildman–Crippen MR) is 169 cm³/mol. The molecule has 5 rings (SSSR count). The van der Waals surface area contributed by atoms with Crippen LogP contribution in [0.2, 0.25) is 0 Å². The first-order valence-electron chi connectivity index (χ1n) is 16.1. The third-order valence-electron chi connectivity index (χ3n) is 9.22. The summed E-state index contributed by atoms with van der Waals surface area (Å²) in [6.07, 6.45) is -21.4. The molecule has 19 heteroatoms. The van der Waals surface area contributed by atoms with E-state index in [-0.39, 0.29) is 11.3 Å². The minimum Gasteiger partial charge on any atom is -0.504 e. The van der Waals surface area contributed by atoms with Crippen molar-refractivity contribution in [3.05, 3.63) is 53.6 Å². The van der Waals surface area contributed by atoms with Gasteiger partial charge in [0.25, 0.3) is 0 Å². The minimum atomic E-state index is -2.79. The Morgan fingerprint density at radius 2 is 1.29 bits per heavy atom. The second kappa shape index (κ2) is 15.7. The molecule has 0 bridgehead atoms. The highest BCUT2D eigenvalue weighted by Crippen LogP contribution is 2.42. The summed E-state index contributed by atoms with van der Waals surface area (Å²) in [5.41, 5.74) is -2.84. The Hall–Kier alpha value is -3.67. The molecule has 0 spiro atoms. The van der Waals surface area contributed by atoms with E-state index < -0.39 is 121 Å². The van der Waals surface area contributed by atoms with Crippen LogP contribution in [-0.2, 0) is 38.8 Å². The zero-order valence-electron chi connectivity index (χ0n) is 27.6. The summed E-state index contributed by atoms with van der Waals surface area (Å²) in [4.78, 5) is 12.6. The van der Waals surface area contributed by atoms with Gasteiger partial charge in [-0.25, -0.2) is 4.79 Å². The van der Waals surface area contributed by atoms with Crippen LogP contribution in [0.25, 0.3) is 6.08 Å². The van der Waals surface area contributed by atoms with Crippen molar-refractivity contribution in [1.29, 1.82) is 0 Å². The molecule has 2 aromatic rings. The topological polar surface area (TPSA) is 315 Å². The quantitative estimate of drug-likeness (QED) is 0.0696. The van der Waals surface area contributed by atoms with Crippen molar-refractivity contribution >= 4 is 12.0 Å². The first-order chi connectivity index (χ1) is 24.4. The number of carbonyl (C=O) groups is 1. The molecule has 3 fully saturated rings. The molecule has 3 saturated heterocycles. The van der Waals surface area contributed by atoms with Gasteiger partial charge in [-0.05, 0) is 55.3 Å². The molecule has 3 heterocycles. The molecular weight excluding hydrogens is 700 g/mol. The molecule has 19 nitrogen and oxygen atoms in total. The fourth-order valence-corrected chi connectivity index (χ4v) is 6.09. The van der Waals surface area contributed by atoms with Crippen molar-refractivity contribution in [2.24, 2.45) is 0 Å². The molecule has 2 aromatic carbocycles. The van der Waals surface area contributed by atoms with Crippen LogP contribution in [0.15, 0.2) is 42.5 Å². The number of carbonyl (C=O) groups excluding carboxylic acids is 1. The fraction of sp³-hybridized carbons (Fsp3) is 0.545. The van der Waals surface area contributed by atoms with Crippen LogP contribution in [0.1, 0.15) is 25.0 Å². The number of rotatable bonds is 9. The lowest BCUT2D eigenvalue weighted by Crippen LogP contribution is -2.68. The van der Waals surface area contributed by atoms with Gasteiger partial charge in [-0.3, -0.25) is 0 Å². The van der Waals surface area contributed by atoms with E-state index in [1.54, 1.807) is 0 Å². The molecule has 0 aromatic heterocycles. The number of hydrogen-bond donors (Lipinski definition) is 12. The largest absolute Gasteiger partial charge is 0.504 e. The van der Waals surface area contributed by atoms with Crippen molar-refractivity contribution in [3.8, 4) is 23.0 Å². The van der Waals surface area contributed by atoms with Crippen LogP contribution in [0.5, 0.6) is 23.0 Å². The molecule has 288 valence electrons. The standard InChI is InChI=1S/C33H42O19/c1-12-22(39)23(40)25(42)30(48-12)51-27-13(2)49-31(26(43)24(27)41)52-28-20(11-47-21(38)8-4-14-3-6-16(34)18(36)9-14)50-32(45)33(46,29(28)44)15-5-7-17(35)19(37)10-15/h3-10,12-13,20,22-32,34-37,39-46H,11H2,1-2H3/b8-4+/t12-,13-,20+,22-,23+,24-,25+,26+,27-,28+,29-,30-,31-,32+,33+/m0/s1. The Balaban J connectivity index is 1.35. The van der Waals surface area contributed by atoms with Crippen LogP contribution in [0, 0.1) is 0 Å². The lowest BCUT2D eigenvalue weighted by atomic mass is 9.80. The molecule has 0 saturated carbocycles. The van der Waals surface area contributed by atoms with Gasteiger partial charge >= 0.3 is 5.97 Å². The first-order valence-corrected chi connectivity index (χ1v) is 16.1. The summed E-state index contributed by atoms with van der Waals surface area (Å²) in [5.74, 6) is -3.14. The second-order valence-corrected chi connectivity index (χ2v) is 12.8. The molecular formula is C33H42O19. The SMILES string of the molecule is C[C@@H]1O[C@@H](O[C@@H]2[C@@H](O)[C@@H](O)[C@H](O[C@@H]3[C@@H](COC(=O)/C=C/c4ccc(O)c(O)c4)O[C@@H](O)[C@@](O)(c4ccc(O)c(O)c4)[C@H]3O)O[C@H]2C)[C@H](O)[C@H](O)[C@H]1O. The van der Waals surface area contributed by atoms with E-state index >= 15 is 0 Å². The normalized spacial score (nSPS) is 39.7. The Bertz CT molecular complexity index is 1590. The van der Waals surface area contributed by atoms with Crippen LogP contribution < -0.4 is 0 Å². The van der Waals surface area contributed by atoms with Crippen molar-refractivity contribution in [1.82, 2.24) is 0 Å². The molecule has 3 aliphatic rings. The number of aliphatic hydroxyl groups is 8. The van der Waals surface area contributed by atoms with Crippen LogP contribution >= 0.6 is 0 Å². The summed E-state index contributed by atoms with van der Waals surface area (Å²) >= 11 is 0. The number of phenolic OH excluding ortho intramolecular Hbond substituents is 4. The molecule has 15 atom stereocenters. The van der Waals surface area contributed by atoms with Crippen molar-refractivity contribution in [2.45, 2.75) is 105 Å². The smallest absolute Gasteiger partial charge is 0.330 e. The summed E-state index contributed by atoms with van der Waals surface area (Å²) < 4.78 is 33.4. The average Bonchev–Trinajstić information content (AvgIpc) is 3.11. The number of benzene rings is 2. The first kappa shape index (κ1) is 39.5. The maximum absolute atomic E-state index is 12.6. The van der Waals surface area contributed by atoms with E-state index in [1.165, 1.54) is 38.1 Å². The Morgan fingerprint density at radius 3 is 1.92 bits per heavy atom. The zero-order valence-corrected chi connectivity index (χ0v) is 27.6. The maximum atomic E-state index is 12.6. The summed E-state index contributed by atoms with van der Waals surface area (Å²) in [6, 6.07) is 6.61. The van der Waals surface area contributed by atoms with Gasteiger partial charge in [0, 0.05) is 6.08 Å². The van der Waals surface area contributed by atoms with Gasteiger partial charge in [0.1, 0.15) is 61.5 Å². The molecule has 12 N–H and O–H groups in total. The van der Waals surface area contributed by atoms with Crippen LogP contribution in [-0.4, -0.2) is 160 Å². The number of hydrogen-bond acceptors (Lipinski definition) is 19. The molecule has 3 aliphatic heterocycles. The van der Waals surface area contributed by atoms with E-state index in [9.17, 15) is 66.1 Å². The van der Waals surface area contributed by atoms with E-state index in [0.717, 1.165) is 24.3 Å². The highest BCUT2D eigenvalue weighted by atomic mass is 16.7. The van der Waals surface area contributed by atoms with Crippen molar-refractivity contribution in [3.63, 3.8) is 0 Å². The molecule has 52 heavy (non-hydrogen) atoms. The predicted octanol–water partition coefficient (Wildman–Crippen LogP) is -2.90. The fourth-order valence-electron chi connectivity index (χ4n) is 6.09. The van der Waals surface area contributed by atoms with Gasteiger partial charge < -0.3 is 89.7 Å². The second-order valence-electron chi connectivity index (χ2n) is 12.8. The summed E-state index contributed by atoms with van der Waals surface area (Å²) in [5, 5.41) is 126. The molecule has 0 unspecified atom stereocenters. The average molecular weight is 743 g/mol. The number of aromatic hydroxyl groups is 4. The monoisotopic (exact) mass is 742 g/mol. The Morgan fingerprint density at radius 1 is 0.712 bits per heavy atom. The molecule has 0 aliphatic carbocycles. The van der Waals surface area contributed by atoms with Crippen molar-refractivity contribution in [2.75, 3.05) is 6.61 Å². The van der Waals surface area contributed by atoms with Gasteiger partial charge in [-0.2, -0.15) is 0 Å². The van der Waals surface area contributed by atoms with Crippen LogP contribution in [0.4, 0.5) is 0 Å². The summed E-state index contributed by atoms with van der Waals surface area (Å²) in [7, 11) is 0. The van der Waals surface area contributed by atoms with Gasteiger partial charge in [-0.15, -0.1) is 0 Å². The third kappa shape index (κ3) is 7.82. The van der Waals surface area contributed by atoms with Gasteiger partial charge in [-0.1, -0.05) is 12.1 Å². The molecule has 0 radical (unpaired) electrons. The number of esters is 1. The third-order valence-corrected chi connectivity index (χ3v) is 9.22. The molecule has 0 amide bonds. The Labute approximate surface area is 295 Å². The van der Waals surface area contributed by atoms with Crippen molar-refractivity contribution < 1.29 is 94.5 Å². The van der Waals surface area contributed by atoms with E-state index in [1.807, 2.05) is 0 Å². The lowest BCUT2D eigenvalue weighted by molar-refractivity contribution is -0.386. The lowest BCUT2D eigenvalue weighted by Gasteiger charge is -2.50. The maximum Gasteiger partial charge on any atom is 0.330 e. The van der Waals surface area contributed by atoms with E-state index in [2.05, 4.69) is 0 Å². The highest BCUT2D eigenvalue weighted by Gasteiger charge is 2.59. The van der Waals surface area contributed by atoms with E-state index in [0.29, 0.717) is 5.56 Å². The summed E-state index contributed by atoms with van der Waals surface area (Å²) in [6.45, 7) is 2.04. The van der Waals surface area contributed by atoms with Gasteiger partial charge in [0.05, 0.1) is 12.2 Å². The highest BCUT2D eigenvalue weighted by molar-refractivity contribution is 5.87. The zero-order chi connectivity index (χ0) is 38.2. The van der Waals surface area contributed by atoms with Gasteiger partial charge in [0.15, 0.2) is 47.5 Å². The van der Waals surface area contributed by atoms with E-state index in [4.69, 9.17) is 28.4 Å². The van der Waals surface area contributed by atoms with Gasteiger partial charge in [0.2, 0.25) is 0 Å². The number of phenols is 4. The minimum absolute atomic E-state index is 0.307.